The molecule has 0 N–H and O–H groups in total. The van der Waals surface area contributed by atoms with E-state index in [-0.39, 0.29) is 29.9 Å². The molecule has 0 aromatic carbocycles. The van der Waals surface area contributed by atoms with Gasteiger partial charge < -0.3 is 14.0 Å². The van der Waals surface area contributed by atoms with E-state index in [1.54, 1.807) is 18.7 Å². The fourth-order valence-electron chi connectivity index (χ4n) is 3.78. The number of ether oxygens (including phenoxy) is 2. The largest absolute Gasteiger partial charge is 0.444 e. The van der Waals surface area contributed by atoms with Gasteiger partial charge in [-0.15, -0.1) is 0 Å². The predicted molar refractivity (Wildman–Crippen MR) is 89.5 cm³/mol. The van der Waals surface area contributed by atoms with Crippen molar-refractivity contribution in [3.63, 3.8) is 0 Å². The number of hydrogen-bond donors (Lipinski definition) is 0. The van der Waals surface area contributed by atoms with E-state index in [1.165, 1.54) is 0 Å². The summed E-state index contributed by atoms with van der Waals surface area (Å²) in [5.74, 6) is 0.449. The van der Waals surface area contributed by atoms with E-state index in [9.17, 15) is 9.59 Å². The van der Waals surface area contributed by atoms with Crippen LogP contribution in [0.4, 0.5) is 4.79 Å². The standard InChI is InChI=1S/C18H26N2O5/c1-10-15(11(2)25-19-10)16(21)12-6-13-8-23-9-14(7-12)20(13)17(22)24-18(3,4)5/h12-14H,6-9H2,1-5H3. The Kier molecular flexibility index (Phi) is 4.62. The van der Waals surface area contributed by atoms with Gasteiger partial charge in [-0.2, -0.15) is 0 Å². The van der Waals surface area contributed by atoms with E-state index in [2.05, 4.69) is 5.16 Å². The zero-order valence-electron chi connectivity index (χ0n) is 15.5. The Morgan fingerprint density at radius 3 is 2.24 bits per heavy atom. The molecule has 1 aromatic heterocycles. The Labute approximate surface area is 147 Å². The molecule has 2 fully saturated rings. The first-order chi connectivity index (χ1) is 11.7. The van der Waals surface area contributed by atoms with Gasteiger partial charge in [0.15, 0.2) is 5.78 Å². The maximum absolute atomic E-state index is 13.0. The van der Waals surface area contributed by atoms with Crippen LogP contribution in [-0.4, -0.2) is 52.8 Å². The van der Waals surface area contributed by atoms with Crippen molar-refractivity contribution in [2.24, 2.45) is 5.92 Å². The third-order valence-electron chi connectivity index (χ3n) is 4.78. The fraction of sp³-hybridized carbons (Fsp3) is 0.722. The second-order valence-electron chi connectivity index (χ2n) is 7.96. The molecule has 2 aliphatic rings. The number of aromatic nitrogens is 1. The molecule has 138 valence electrons. The van der Waals surface area contributed by atoms with Crippen LogP contribution in [0.1, 0.15) is 55.4 Å². The summed E-state index contributed by atoms with van der Waals surface area (Å²) in [5.41, 5.74) is 0.656. The lowest BCUT2D eigenvalue weighted by molar-refractivity contribution is -0.0861. The summed E-state index contributed by atoms with van der Waals surface area (Å²) in [4.78, 5) is 27.3. The number of piperidine rings is 1. The van der Waals surface area contributed by atoms with Crippen molar-refractivity contribution < 1.29 is 23.6 Å². The van der Waals surface area contributed by atoms with Crippen molar-refractivity contribution in [1.82, 2.24) is 10.1 Å². The van der Waals surface area contributed by atoms with E-state index in [1.807, 2.05) is 20.8 Å². The second-order valence-corrected chi connectivity index (χ2v) is 7.96. The molecule has 0 saturated carbocycles. The molecule has 1 amide bonds. The Morgan fingerprint density at radius 2 is 1.76 bits per heavy atom. The third-order valence-corrected chi connectivity index (χ3v) is 4.78. The lowest BCUT2D eigenvalue weighted by atomic mass is 9.80. The molecule has 7 nitrogen and oxygen atoms in total. The van der Waals surface area contributed by atoms with Gasteiger partial charge in [0.25, 0.3) is 0 Å². The molecule has 2 aliphatic heterocycles. The number of aryl methyl sites for hydroxylation is 2. The highest BCUT2D eigenvalue weighted by atomic mass is 16.6. The van der Waals surface area contributed by atoms with E-state index < -0.39 is 5.60 Å². The number of Topliss-reactive ketones (excluding diaryl/α,β-unsaturated/α-hetero) is 1. The number of morpholine rings is 1. The van der Waals surface area contributed by atoms with Gasteiger partial charge >= 0.3 is 6.09 Å². The van der Waals surface area contributed by atoms with Crippen LogP contribution in [-0.2, 0) is 9.47 Å². The Balaban J connectivity index is 1.77. The first kappa shape index (κ1) is 17.9. The molecule has 25 heavy (non-hydrogen) atoms. The van der Waals surface area contributed by atoms with Crippen molar-refractivity contribution in [1.29, 1.82) is 0 Å². The van der Waals surface area contributed by atoms with E-state index >= 15 is 0 Å². The van der Waals surface area contributed by atoms with Crippen LogP contribution >= 0.6 is 0 Å². The van der Waals surface area contributed by atoms with Crippen molar-refractivity contribution in [2.75, 3.05) is 13.2 Å². The molecule has 0 radical (unpaired) electrons. The highest BCUT2D eigenvalue weighted by Crippen LogP contribution is 2.35. The SMILES string of the molecule is Cc1noc(C)c1C(=O)C1CC2COCC(C1)N2C(=O)OC(C)(C)C. The van der Waals surface area contributed by atoms with E-state index in [0.29, 0.717) is 43.1 Å². The molecule has 0 aliphatic carbocycles. The van der Waals surface area contributed by atoms with Crippen LogP contribution in [0.25, 0.3) is 0 Å². The molecule has 3 rings (SSSR count). The number of nitrogens with zero attached hydrogens (tertiary/aromatic N) is 2. The monoisotopic (exact) mass is 350 g/mol. The minimum absolute atomic E-state index is 0.0528. The summed E-state index contributed by atoms with van der Waals surface area (Å²) in [5, 5.41) is 3.88. The highest BCUT2D eigenvalue weighted by Gasteiger charge is 2.45. The lowest BCUT2D eigenvalue weighted by Gasteiger charge is -2.47. The van der Waals surface area contributed by atoms with Crippen LogP contribution in [0.2, 0.25) is 0 Å². The van der Waals surface area contributed by atoms with Crippen LogP contribution < -0.4 is 0 Å². The van der Waals surface area contributed by atoms with Gasteiger partial charge in [0.1, 0.15) is 11.4 Å². The number of rotatable bonds is 2. The number of ketones is 1. The molecule has 2 saturated heterocycles. The maximum atomic E-state index is 13.0. The molecule has 2 unspecified atom stereocenters. The van der Waals surface area contributed by atoms with Crippen LogP contribution in [0.3, 0.4) is 0 Å². The van der Waals surface area contributed by atoms with Gasteiger partial charge in [0.05, 0.1) is 36.6 Å². The van der Waals surface area contributed by atoms with E-state index in [0.717, 1.165) is 0 Å². The molecular weight excluding hydrogens is 324 g/mol. The average Bonchev–Trinajstić information content (AvgIpc) is 2.82. The van der Waals surface area contributed by atoms with Gasteiger partial charge in [-0.05, 0) is 47.5 Å². The Hall–Kier alpha value is -1.89. The summed E-state index contributed by atoms with van der Waals surface area (Å²) < 4.78 is 16.3. The van der Waals surface area contributed by atoms with Crippen molar-refractivity contribution in [3.8, 4) is 0 Å². The minimum Gasteiger partial charge on any atom is -0.444 e. The lowest BCUT2D eigenvalue weighted by Crippen LogP contribution is -2.60. The topological polar surface area (TPSA) is 81.9 Å². The zero-order chi connectivity index (χ0) is 18.4. The van der Waals surface area contributed by atoms with Crippen molar-refractivity contribution in [2.45, 2.75) is 65.1 Å². The average molecular weight is 350 g/mol. The van der Waals surface area contributed by atoms with Gasteiger partial charge in [-0.25, -0.2) is 4.79 Å². The Bertz CT molecular complexity index is 642. The summed E-state index contributed by atoms with van der Waals surface area (Å²) in [7, 11) is 0. The van der Waals surface area contributed by atoms with Crippen LogP contribution in [0.15, 0.2) is 4.52 Å². The number of carbonyl (C=O) groups excluding carboxylic acids is 2. The van der Waals surface area contributed by atoms with Crippen molar-refractivity contribution in [3.05, 3.63) is 17.0 Å². The molecule has 7 heteroatoms. The molecule has 0 spiro atoms. The Morgan fingerprint density at radius 1 is 1.16 bits per heavy atom. The third kappa shape index (κ3) is 3.56. The first-order valence-electron chi connectivity index (χ1n) is 8.73. The quantitative estimate of drug-likeness (QED) is 0.763. The molecule has 2 bridgehead atoms. The van der Waals surface area contributed by atoms with Gasteiger partial charge in [0.2, 0.25) is 0 Å². The van der Waals surface area contributed by atoms with E-state index in [4.69, 9.17) is 14.0 Å². The van der Waals surface area contributed by atoms with Crippen molar-refractivity contribution >= 4 is 11.9 Å². The first-order valence-corrected chi connectivity index (χ1v) is 8.73. The number of fused-ring (bicyclic) bond motifs is 2. The maximum Gasteiger partial charge on any atom is 0.410 e. The molecule has 3 heterocycles. The summed E-state index contributed by atoms with van der Waals surface area (Å²) in [6.07, 6.45) is 0.811. The summed E-state index contributed by atoms with van der Waals surface area (Å²) in [6, 6.07) is -0.284. The molecule has 2 atom stereocenters. The number of hydrogen-bond acceptors (Lipinski definition) is 6. The number of amides is 1. The summed E-state index contributed by atoms with van der Waals surface area (Å²) >= 11 is 0. The van der Waals surface area contributed by atoms with Crippen LogP contribution in [0, 0.1) is 19.8 Å². The van der Waals surface area contributed by atoms with Crippen LogP contribution in [0.5, 0.6) is 0 Å². The van der Waals surface area contributed by atoms with Gasteiger partial charge in [-0.3, -0.25) is 9.69 Å². The normalized spacial score (nSPS) is 26.4. The van der Waals surface area contributed by atoms with Gasteiger partial charge in [0, 0.05) is 5.92 Å². The smallest absolute Gasteiger partial charge is 0.410 e. The predicted octanol–water partition coefficient (Wildman–Crippen LogP) is 2.89. The van der Waals surface area contributed by atoms with Gasteiger partial charge in [-0.1, -0.05) is 5.16 Å². The molecular formula is C18H26N2O5. The second kappa shape index (κ2) is 6.44. The fourth-order valence-corrected chi connectivity index (χ4v) is 3.78. The number of carbonyl (C=O) groups is 2. The summed E-state index contributed by atoms with van der Waals surface area (Å²) in [6.45, 7) is 9.96. The highest BCUT2D eigenvalue weighted by molar-refractivity contribution is 5.99. The molecule has 1 aromatic rings. The minimum atomic E-state index is -0.546. The zero-order valence-corrected chi connectivity index (χ0v) is 15.5.